The molecule has 0 unspecified atom stereocenters. The van der Waals surface area contributed by atoms with E-state index in [4.69, 9.17) is 9.47 Å². The fourth-order valence-corrected chi connectivity index (χ4v) is 2.64. The summed E-state index contributed by atoms with van der Waals surface area (Å²) in [6.07, 6.45) is 0. The quantitative estimate of drug-likeness (QED) is 0.478. The van der Waals surface area contributed by atoms with E-state index in [0.29, 0.717) is 28.3 Å². The van der Waals surface area contributed by atoms with E-state index in [9.17, 15) is 14.9 Å². The molecule has 1 aromatic heterocycles. The number of hydrogen-bond donors (Lipinski definition) is 0. The monoisotopic (exact) mass is 371 g/mol. The van der Waals surface area contributed by atoms with Crippen LogP contribution in [-0.2, 0) is 6.54 Å². The highest BCUT2D eigenvalue weighted by Gasteiger charge is 2.14. The molecular weight excluding hydrogens is 354 g/mol. The Morgan fingerprint density at radius 1 is 1.07 bits per heavy atom. The smallest absolute Gasteiger partial charge is 0.368 e. The third kappa shape index (κ3) is 3.64. The molecule has 0 radical (unpaired) electrons. The number of nitrogens with zero attached hydrogens (tertiary/aromatic N) is 5. The maximum atomic E-state index is 12.6. The van der Waals surface area contributed by atoms with E-state index >= 15 is 0 Å². The van der Waals surface area contributed by atoms with Gasteiger partial charge in [0.15, 0.2) is 0 Å². The van der Waals surface area contributed by atoms with Crippen molar-refractivity contribution in [3.63, 3.8) is 0 Å². The van der Waals surface area contributed by atoms with Crippen LogP contribution in [0.3, 0.4) is 0 Å². The van der Waals surface area contributed by atoms with Crippen LogP contribution in [0.2, 0.25) is 0 Å². The molecule has 0 aliphatic carbocycles. The van der Waals surface area contributed by atoms with Crippen molar-refractivity contribution in [1.29, 1.82) is 0 Å². The first-order valence-corrected chi connectivity index (χ1v) is 7.93. The number of rotatable bonds is 6. The van der Waals surface area contributed by atoms with Gasteiger partial charge in [0.25, 0.3) is 5.69 Å². The first-order valence-electron chi connectivity index (χ1n) is 7.93. The van der Waals surface area contributed by atoms with E-state index in [2.05, 4.69) is 10.4 Å². The molecule has 0 aliphatic rings. The lowest BCUT2D eigenvalue weighted by molar-refractivity contribution is -0.385. The van der Waals surface area contributed by atoms with Gasteiger partial charge in [0.1, 0.15) is 11.5 Å². The van der Waals surface area contributed by atoms with E-state index < -0.39 is 10.6 Å². The normalized spacial score (nSPS) is 10.6. The molecule has 140 valence electrons. The lowest BCUT2D eigenvalue weighted by Crippen LogP contribution is -2.24. The van der Waals surface area contributed by atoms with Crippen LogP contribution in [-0.4, -0.2) is 38.9 Å². The predicted molar refractivity (Wildman–Crippen MR) is 95.7 cm³/mol. The molecule has 0 fully saturated rings. The fourth-order valence-electron chi connectivity index (χ4n) is 2.64. The van der Waals surface area contributed by atoms with Gasteiger partial charge in [0.05, 0.1) is 31.4 Å². The van der Waals surface area contributed by atoms with Crippen LogP contribution in [0.4, 0.5) is 5.69 Å². The molecule has 10 nitrogen and oxygen atoms in total. The standard InChI is InChI=1S/C17H17N5O5/c1-11-6-12(4-5-16(11)22(24)25)10-20-17(23)21(19-18-20)13-7-14(26-2)9-15(8-13)27-3/h4-9H,10H2,1-3H3. The van der Waals surface area contributed by atoms with Crippen molar-refractivity contribution in [2.24, 2.45) is 0 Å². The van der Waals surface area contributed by atoms with Gasteiger partial charge in [-0.05, 0) is 29.0 Å². The number of ether oxygens (including phenoxy) is 2. The van der Waals surface area contributed by atoms with Gasteiger partial charge in [-0.15, -0.1) is 0 Å². The summed E-state index contributed by atoms with van der Waals surface area (Å²) in [6.45, 7) is 1.78. The van der Waals surface area contributed by atoms with E-state index in [0.717, 1.165) is 4.68 Å². The number of aromatic nitrogens is 4. The highest BCUT2D eigenvalue weighted by Crippen LogP contribution is 2.24. The summed E-state index contributed by atoms with van der Waals surface area (Å²) in [4.78, 5) is 23.1. The Kier molecular flexibility index (Phi) is 4.88. The van der Waals surface area contributed by atoms with Gasteiger partial charge in [0, 0.05) is 29.8 Å². The maximum absolute atomic E-state index is 12.6. The number of methoxy groups -OCH3 is 2. The third-order valence-corrected chi connectivity index (χ3v) is 4.01. The highest BCUT2D eigenvalue weighted by atomic mass is 16.6. The molecule has 0 spiro atoms. The summed E-state index contributed by atoms with van der Waals surface area (Å²) in [5, 5.41) is 18.7. The van der Waals surface area contributed by atoms with Crippen molar-refractivity contribution in [2.75, 3.05) is 14.2 Å². The Bertz CT molecular complexity index is 1030. The number of hydrogen-bond acceptors (Lipinski definition) is 7. The van der Waals surface area contributed by atoms with Crippen LogP contribution in [0, 0.1) is 17.0 Å². The molecular formula is C17H17N5O5. The summed E-state index contributed by atoms with van der Waals surface area (Å²) in [6, 6.07) is 9.60. The van der Waals surface area contributed by atoms with Gasteiger partial charge < -0.3 is 9.47 Å². The Labute approximate surface area is 153 Å². The topological polar surface area (TPSA) is 114 Å². The number of nitro groups is 1. The van der Waals surface area contributed by atoms with Crippen molar-refractivity contribution < 1.29 is 14.4 Å². The molecule has 0 saturated carbocycles. The van der Waals surface area contributed by atoms with Crippen molar-refractivity contribution in [2.45, 2.75) is 13.5 Å². The zero-order valence-electron chi connectivity index (χ0n) is 14.9. The largest absolute Gasteiger partial charge is 0.497 e. The summed E-state index contributed by atoms with van der Waals surface area (Å²) < 4.78 is 12.7. The van der Waals surface area contributed by atoms with Crippen molar-refractivity contribution in [3.8, 4) is 17.2 Å². The van der Waals surface area contributed by atoms with E-state index in [-0.39, 0.29) is 12.2 Å². The molecule has 3 rings (SSSR count). The number of benzene rings is 2. The molecule has 1 heterocycles. The Hall–Kier alpha value is -3.69. The molecule has 27 heavy (non-hydrogen) atoms. The van der Waals surface area contributed by atoms with Crippen molar-refractivity contribution >= 4 is 5.69 Å². The third-order valence-electron chi connectivity index (χ3n) is 4.01. The van der Waals surface area contributed by atoms with Crippen molar-refractivity contribution in [1.82, 2.24) is 19.8 Å². The fraction of sp³-hybridized carbons (Fsp3) is 0.235. The van der Waals surface area contributed by atoms with Crippen LogP contribution in [0.5, 0.6) is 11.5 Å². The average molecular weight is 371 g/mol. The van der Waals surface area contributed by atoms with Gasteiger partial charge >= 0.3 is 5.69 Å². The first kappa shape index (κ1) is 18.1. The minimum absolute atomic E-state index is 0.0261. The average Bonchev–Trinajstić information content (AvgIpc) is 3.01. The summed E-state index contributed by atoms with van der Waals surface area (Å²) >= 11 is 0. The van der Waals surface area contributed by atoms with Gasteiger partial charge in [-0.25, -0.2) is 4.79 Å². The van der Waals surface area contributed by atoms with Gasteiger partial charge in [-0.1, -0.05) is 6.07 Å². The van der Waals surface area contributed by atoms with E-state index in [1.807, 2.05) is 0 Å². The van der Waals surface area contributed by atoms with Crippen LogP contribution in [0.1, 0.15) is 11.1 Å². The Morgan fingerprint density at radius 2 is 1.74 bits per heavy atom. The molecule has 0 atom stereocenters. The summed E-state index contributed by atoms with van der Waals surface area (Å²) in [5.41, 5.74) is 1.23. The minimum Gasteiger partial charge on any atom is -0.497 e. The second kappa shape index (κ2) is 7.28. The van der Waals surface area contributed by atoms with Gasteiger partial charge in [-0.3, -0.25) is 10.1 Å². The first-order chi connectivity index (χ1) is 12.9. The molecule has 0 bridgehead atoms. The minimum atomic E-state index is -0.457. The lowest BCUT2D eigenvalue weighted by Gasteiger charge is -2.07. The predicted octanol–water partition coefficient (Wildman–Crippen LogP) is 1.71. The molecule has 0 amide bonds. The molecule has 0 saturated heterocycles. The Balaban J connectivity index is 1.94. The highest BCUT2D eigenvalue weighted by molar-refractivity contribution is 5.46. The second-order valence-corrected chi connectivity index (χ2v) is 5.78. The zero-order valence-corrected chi connectivity index (χ0v) is 14.9. The number of nitro benzene ring substituents is 1. The molecule has 10 heteroatoms. The molecule has 0 aliphatic heterocycles. The maximum Gasteiger partial charge on any atom is 0.368 e. The van der Waals surface area contributed by atoms with Crippen LogP contribution in [0.25, 0.3) is 5.69 Å². The molecule has 0 N–H and O–H groups in total. The van der Waals surface area contributed by atoms with Gasteiger partial charge in [0.2, 0.25) is 0 Å². The Morgan fingerprint density at radius 3 is 2.30 bits per heavy atom. The number of aryl methyl sites for hydroxylation is 1. The van der Waals surface area contributed by atoms with Crippen LogP contribution >= 0.6 is 0 Å². The molecule has 2 aromatic carbocycles. The SMILES string of the molecule is COc1cc(OC)cc(-n2nnn(Cc3ccc([N+](=O)[O-])c(C)c3)c2=O)c1. The summed E-state index contributed by atoms with van der Waals surface area (Å²) in [7, 11) is 3.02. The summed E-state index contributed by atoms with van der Waals surface area (Å²) in [5.74, 6) is 1.02. The van der Waals surface area contributed by atoms with E-state index in [1.165, 1.54) is 25.0 Å². The second-order valence-electron chi connectivity index (χ2n) is 5.78. The zero-order chi connectivity index (χ0) is 19.6. The molecule has 3 aromatic rings. The van der Waals surface area contributed by atoms with Crippen LogP contribution < -0.4 is 15.2 Å². The number of tetrazole rings is 1. The van der Waals surface area contributed by atoms with Gasteiger partial charge in [-0.2, -0.15) is 9.36 Å². The van der Waals surface area contributed by atoms with Crippen molar-refractivity contribution in [3.05, 3.63) is 68.1 Å². The van der Waals surface area contributed by atoms with E-state index in [1.54, 1.807) is 37.3 Å². The van der Waals surface area contributed by atoms with Crippen LogP contribution in [0.15, 0.2) is 41.2 Å². The lowest BCUT2D eigenvalue weighted by atomic mass is 10.1.